The highest BCUT2D eigenvalue weighted by Crippen LogP contribution is 2.53. The van der Waals surface area contributed by atoms with Crippen LogP contribution in [0.3, 0.4) is 0 Å². The SMILES string of the molecule is COC(=O)c1cccc(C(=O)N[C@H]2[C@@H]3C[C@@H]([C@@H](O)[C@H]3O)[C@@H]2c2ccccc2)c1C. The van der Waals surface area contributed by atoms with E-state index in [1.165, 1.54) is 7.11 Å². The maximum Gasteiger partial charge on any atom is 0.338 e. The Bertz CT molecular complexity index is 928. The van der Waals surface area contributed by atoms with Crippen molar-refractivity contribution in [1.29, 1.82) is 0 Å². The number of benzene rings is 2. The zero-order chi connectivity index (χ0) is 20.7. The van der Waals surface area contributed by atoms with E-state index in [0.717, 1.165) is 5.56 Å². The van der Waals surface area contributed by atoms with Gasteiger partial charge in [0.2, 0.25) is 0 Å². The number of hydrogen-bond donors (Lipinski definition) is 3. The average Bonchev–Trinajstić information content (AvgIpc) is 3.24. The first kappa shape index (κ1) is 19.6. The van der Waals surface area contributed by atoms with Crippen molar-refractivity contribution in [2.75, 3.05) is 7.11 Å². The summed E-state index contributed by atoms with van der Waals surface area (Å²) in [6.07, 6.45) is -0.982. The summed E-state index contributed by atoms with van der Waals surface area (Å²) in [5.74, 6) is -1.18. The number of aliphatic hydroxyl groups is 2. The summed E-state index contributed by atoms with van der Waals surface area (Å²) in [5, 5.41) is 24.0. The van der Waals surface area contributed by atoms with Crippen molar-refractivity contribution in [2.24, 2.45) is 11.8 Å². The Kier molecular flexibility index (Phi) is 5.15. The number of ether oxygens (including phenoxy) is 1. The van der Waals surface area contributed by atoms with Gasteiger partial charge in [-0.1, -0.05) is 36.4 Å². The molecule has 0 aromatic heterocycles. The summed E-state index contributed by atoms with van der Waals surface area (Å²) in [6, 6.07) is 14.4. The molecule has 0 unspecified atom stereocenters. The van der Waals surface area contributed by atoms with Crippen LogP contribution in [-0.2, 0) is 4.74 Å². The number of rotatable bonds is 4. The molecule has 2 aliphatic rings. The third-order valence-electron chi connectivity index (χ3n) is 6.55. The molecule has 29 heavy (non-hydrogen) atoms. The first-order chi connectivity index (χ1) is 13.9. The summed E-state index contributed by atoms with van der Waals surface area (Å²) >= 11 is 0. The molecule has 0 radical (unpaired) electrons. The Labute approximate surface area is 169 Å². The molecule has 152 valence electrons. The second-order valence-electron chi connectivity index (χ2n) is 7.95. The molecule has 2 bridgehead atoms. The molecule has 0 spiro atoms. The van der Waals surface area contributed by atoms with E-state index in [9.17, 15) is 19.8 Å². The van der Waals surface area contributed by atoms with Crippen LogP contribution >= 0.6 is 0 Å². The Morgan fingerprint density at radius 2 is 1.62 bits per heavy atom. The minimum atomic E-state index is -0.854. The monoisotopic (exact) mass is 395 g/mol. The van der Waals surface area contributed by atoms with Gasteiger partial charge in [-0.25, -0.2) is 4.79 Å². The standard InChI is InChI=1S/C23H25NO5/c1-12-14(9-6-10-15(12)23(28)29-2)22(27)24-19-17-11-16(20(25)21(17)26)18(19)13-7-4-3-5-8-13/h3-10,16-21,25-26H,11H2,1-2H3,(H,24,27)/t16-,17+,18+,19+,20-,21+/m1/s1. The maximum atomic E-state index is 13.1. The Morgan fingerprint density at radius 1 is 0.966 bits per heavy atom. The molecule has 2 aliphatic carbocycles. The van der Waals surface area contributed by atoms with Crippen molar-refractivity contribution in [1.82, 2.24) is 5.32 Å². The van der Waals surface area contributed by atoms with E-state index < -0.39 is 18.2 Å². The molecule has 1 amide bonds. The van der Waals surface area contributed by atoms with Gasteiger partial charge in [0.15, 0.2) is 0 Å². The lowest BCUT2D eigenvalue weighted by atomic mass is 9.77. The minimum absolute atomic E-state index is 0.0763. The average molecular weight is 395 g/mol. The normalized spacial score (nSPS) is 30.2. The summed E-state index contributed by atoms with van der Waals surface area (Å²) in [4.78, 5) is 25.1. The van der Waals surface area contributed by atoms with Crippen LogP contribution in [0.15, 0.2) is 48.5 Å². The van der Waals surface area contributed by atoms with E-state index in [2.05, 4.69) is 5.32 Å². The predicted molar refractivity (Wildman–Crippen MR) is 107 cm³/mol. The third-order valence-corrected chi connectivity index (χ3v) is 6.55. The summed E-state index contributed by atoms with van der Waals surface area (Å²) in [6.45, 7) is 1.72. The van der Waals surface area contributed by atoms with Gasteiger partial charge in [-0.15, -0.1) is 0 Å². The highest BCUT2D eigenvalue weighted by atomic mass is 16.5. The zero-order valence-corrected chi connectivity index (χ0v) is 16.4. The fourth-order valence-electron chi connectivity index (χ4n) is 5.12. The van der Waals surface area contributed by atoms with E-state index in [0.29, 0.717) is 23.1 Å². The second-order valence-corrected chi connectivity index (χ2v) is 7.95. The maximum absolute atomic E-state index is 13.1. The molecule has 6 atom stereocenters. The molecular formula is C23H25NO5. The molecule has 2 saturated carbocycles. The first-order valence-electron chi connectivity index (χ1n) is 9.84. The molecule has 0 heterocycles. The zero-order valence-electron chi connectivity index (χ0n) is 16.4. The highest BCUT2D eigenvalue weighted by Gasteiger charge is 2.58. The van der Waals surface area contributed by atoms with Crippen LogP contribution in [-0.4, -0.2) is 47.4 Å². The molecule has 6 heteroatoms. The largest absolute Gasteiger partial charge is 0.465 e. The van der Waals surface area contributed by atoms with Crippen molar-refractivity contribution in [3.05, 3.63) is 70.8 Å². The van der Waals surface area contributed by atoms with E-state index in [1.54, 1.807) is 25.1 Å². The summed E-state index contributed by atoms with van der Waals surface area (Å²) in [7, 11) is 1.31. The number of carbonyl (C=O) groups is 2. The van der Waals surface area contributed by atoms with Gasteiger partial charge in [-0.3, -0.25) is 4.79 Å². The predicted octanol–water partition coefficient (Wildman–Crippen LogP) is 2.04. The van der Waals surface area contributed by atoms with Crippen molar-refractivity contribution in [2.45, 2.75) is 37.5 Å². The smallest absolute Gasteiger partial charge is 0.338 e. The molecule has 2 aromatic carbocycles. The van der Waals surface area contributed by atoms with Gasteiger partial charge in [0, 0.05) is 23.4 Å². The molecule has 2 fully saturated rings. The van der Waals surface area contributed by atoms with Gasteiger partial charge in [0.25, 0.3) is 5.91 Å². The number of hydrogen-bond acceptors (Lipinski definition) is 5. The lowest BCUT2D eigenvalue weighted by molar-refractivity contribution is -0.0327. The first-order valence-corrected chi connectivity index (χ1v) is 9.84. The van der Waals surface area contributed by atoms with Crippen LogP contribution in [0, 0.1) is 18.8 Å². The van der Waals surface area contributed by atoms with Crippen molar-refractivity contribution in [3.63, 3.8) is 0 Å². The number of methoxy groups -OCH3 is 1. The van der Waals surface area contributed by atoms with Crippen LogP contribution in [0.1, 0.15) is 44.2 Å². The van der Waals surface area contributed by atoms with Crippen LogP contribution in [0.25, 0.3) is 0 Å². The number of esters is 1. The van der Waals surface area contributed by atoms with Gasteiger partial charge >= 0.3 is 5.97 Å². The number of nitrogens with one attached hydrogen (secondary N) is 1. The van der Waals surface area contributed by atoms with E-state index in [4.69, 9.17) is 4.74 Å². The van der Waals surface area contributed by atoms with Crippen molar-refractivity contribution in [3.8, 4) is 0 Å². The molecule has 4 rings (SSSR count). The van der Waals surface area contributed by atoms with Crippen LogP contribution < -0.4 is 5.32 Å². The number of aliphatic hydroxyl groups excluding tert-OH is 2. The van der Waals surface area contributed by atoms with Gasteiger partial charge in [-0.05, 0) is 42.5 Å². The fourth-order valence-corrected chi connectivity index (χ4v) is 5.12. The Balaban J connectivity index is 1.64. The lowest BCUT2D eigenvalue weighted by Crippen LogP contribution is -2.51. The van der Waals surface area contributed by atoms with Crippen LogP contribution in [0.4, 0.5) is 0 Å². The fraction of sp³-hybridized carbons (Fsp3) is 0.391. The Hall–Kier alpha value is -2.70. The van der Waals surface area contributed by atoms with Crippen LogP contribution in [0.5, 0.6) is 0 Å². The van der Waals surface area contributed by atoms with E-state index in [1.807, 2.05) is 30.3 Å². The minimum Gasteiger partial charge on any atom is -0.465 e. The number of carbonyl (C=O) groups excluding carboxylic acids is 2. The molecule has 3 N–H and O–H groups in total. The second kappa shape index (κ2) is 7.61. The van der Waals surface area contributed by atoms with Gasteiger partial charge in [0.05, 0.1) is 24.9 Å². The van der Waals surface area contributed by atoms with Gasteiger partial charge in [-0.2, -0.15) is 0 Å². The lowest BCUT2D eigenvalue weighted by Gasteiger charge is -2.37. The van der Waals surface area contributed by atoms with Crippen molar-refractivity contribution >= 4 is 11.9 Å². The number of fused-ring (bicyclic) bond motifs is 2. The van der Waals surface area contributed by atoms with Gasteiger partial charge < -0.3 is 20.3 Å². The van der Waals surface area contributed by atoms with E-state index >= 15 is 0 Å². The van der Waals surface area contributed by atoms with Gasteiger partial charge in [0.1, 0.15) is 0 Å². The molecule has 0 aliphatic heterocycles. The molecule has 2 aromatic rings. The molecule has 6 nitrogen and oxygen atoms in total. The third kappa shape index (κ3) is 3.22. The van der Waals surface area contributed by atoms with Crippen LogP contribution in [0.2, 0.25) is 0 Å². The molecular weight excluding hydrogens is 370 g/mol. The van der Waals surface area contributed by atoms with E-state index in [-0.39, 0.29) is 29.7 Å². The summed E-state index contributed by atoms with van der Waals surface area (Å²) in [5.41, 5.74) is 2.34. The topological polar surface area (TPSA) is 95.9 Å². The summed E-state index contributed by atoms with van der Waals surface area (Å²) < 4.78 is 4.79. The Morgan fingerprint density at radius 3 is 2.31 bits per heavy atom. The highest BCUT2D eigenvalue weighted by molar-refractivity contribution is 6.00. The quantitative estimate of drug-likeness (QED) is 0.689. The van der Waals surface area contributed by atoms with Crippen molar-refractivity contribution < 1.29 is 24.5 Å². The number of amides is 1. The molecule has 0 saturated heterocycles.